The van der Waals surface area contributed by atoms with Gasteiger partial charge in [-0.3, -0.25) is 10.1 Å². The van der Waals surface area contributed by atoms with E-state index < -0.39 is 21.0 Å². The first-order valence-corrected chi connectivity index (χ1v) is 11.9. The molecule has 4 rings (SSSR count). The average molecular weight is 472 g/mol. The number of sulfonamides is 1. The van der Waals surface area contributed by atoms with Crippen molar-refractivity contribution in [1.82, 2.24) is 13.9 Å². The highest BCUT2D eigenvalue weighted by atomic mass is 32.2. The number of hydrogen-bond donors (Lipinski definition) is 1. The number of para-hydroxylation sites is 1. The molecule has 1 aliphatic rings. The zero-order valence-electron chi connectivity index (χ0n) is 18.3. The normalized spacial score (nSPS) is 15.3. The first kappa shape index (κ1) is 22.7. The second-order valence-electron chi connectivity index (χ2n) is 7.76. The molecule has 1 saturated heterocycles. The summed E-state index contributed by atoms with van der Waals surface area (Å²) in [5.41, 5.74) is 0.584. The lowest BCUT2D eigenvalue weighted by molar-refractivity contribution is -0.384. The molecule has 0 spiro atoms. The molecule has 33 heavy (non-hydrogen) atoms. The average Bonchev–Trinajstić information content (AvgIpc) is 3.50. The molecule has 0 radical (unpaired) electrons. The summed E-state index contributed by atoms with van der Waals surface area (Å²) in [6.45, 7) is 0.844. The second kappa shape index (κ2) is 9.20. The fraction of sp³-hybridized carbons (Fsp3) is 0.318. The van der Waals surface area contributed by atoms with E-state index in [1.807, 2.05) is 29.8 Å². The molecule has 3 aromatic rings. The Hall–Kier alpha value is -3.44. The van der Waals surface area contributed by atoms with Gasteiger partial charge >= 0.3 is 0 Å². The monoisotopic (exact) mass is 471 g/mol. The molecule has 1 N–H and O–H groups in total. The molecular formula is C22H25N5O5S. The molecule has 2 aromatic carbocycles. The fourth-order valence-electron chi connectivity index (χ4n) is 4.02. The van der Waals surface area contributed by atoms with E-state index in [9.17, 15) is 18.5 Å². The van der Waals surface area contributed by atoms with Crippen LogP contribution < -0.4 is 10.1 Å². The van der Waals surface area contributed by atoms with Crippen molar-refractivity contribution < 1.29 is 18.1 Å². The number of rotatable bonds is 8. The second-order valence-corrected chi connectivity index (χ2v) is 9.70. The number of nitrogens with zero attached hydrogens (tertiary/aromatic N) is 4. The predicted octanol–water partition coefficient (Wildman–Crippen LogP) is 3.32. The number of nitro groups is 1. The van der Waals surface area contributed by atoms with Crippen molar-refractivity contribution in [2.24, 2.45) is 7.05 Å². The number of aromatic nitrogens is 2. The predicted molar refractivity (Wildman–Crippen MR) is 123 cm³/mol. The van der Waals surface area contributed by atoms with E-state index >= 15 is 0 Å². The van der Waals surface area contributed by atoms with Crippen LogP contribution in [0.25, 0.3) is 0 Å². The van der Waals surface area contributed by atoms with Crippen LogP contribution in [0.3, 0.4) is 0 Å². The molecule has 0 amide bonds. The number of nitrogens with one attached hydrogen (secondary N) is 1. The van der Waals surface area contributed by atoms with Crippen molar-refractivity contribution >= 4 is 21.4 Å². The summed E-state index contributed by atoms with van der Waals surface area (Å²) < 4.78 is 34.5. The van der Waals surface area contributed by atoms with E-state index in [1.54, 1.807) is 25.6 Å². The zero-order valence-corrected chi connectivity index (χ0v) is 19.2. The molecule has 10 nitrogen and oxygen atoms in total. The van der Waals surface area contributed by atoms with Gasteiger partial charge in [-0.2, -0.15) is 4.31 Å². The number of benzene rings is 2. The number of ether oxygens (including phenoxy) is 1. The van der Waals surface area contributed by atoms with Crippen molar-refractivity contribution in [2.75, 3.05) is 25.5 Å². The number of nitro benzene ring substituents is 1. The van der Waals surface area contributed by atoms with Crippen LogP contribution >= 0.6 is 0 Å². The van der Waals surface area contributed by atoms with Gasteiger partial charge in [0.05, 0.1) is 16.9 Å². The maximum Gasteiger partial charge on any atom is 0.293 e. The van der Waals surface area contributed by atoms with Crippen molar-refractivity contribution in [2.45, 2.75) is 23.8 Å². The van der Waals surface area contributed by atoms with Crippen molar-refractivity contribution in [3.8, 4) is 5.75 Å². The van der Waals surface area contributed by atoms with Crippen LogP contribution in [0.1, 0.15) is 30.3 Å². The Kier molecular flexibility index (Phi) is 6.34. The summed E-state index contributed by atoms with van der Waals surface area (Å²) in [5, 5.41) is 15.1. The Balaban J connectivity index is 1.78. The molecule has 1 aromatic heterocycles. The van der Waals surface area contributed by atoms with Gasteiger partial charge in [0, 0.05) is 44.2 Å². The van der Waals surface area contributed by atoms with Gasteiger partial charge in [-0.25, -0.2) is 13.4 Å². The molecule has 0 saturated carbocycles. The minimum Gasteiger partial charge on any atom is -0.496 e. The van der Waals surface area contributed by atoms with Crippen molar-refractivity contribution in [3.05, 3.63) is 76.4 Å². The van der Waals surface area contributed by atoms with Crippen LogP contribution in [0.5, 0.6) is 5.75 Å². The summed E-state index contributed by atoms with van der Waals surface area (Å²) in [5.74, 6) is 1.21. The van der Waals surface area contributed by atoms with E-state index in [2.05, 4.69) is 10.3 Å². The third kappa shape index (κ3) is 4.41. The van der Waals surface area contributed by atoms with Gasteiger partial charge in [0.15, 0.2) is 0 Å². The van der Waals surface area contributed by atoms with E-state index in [4.69, 9.17) is 4.74 Å². The summed E-state index contributed by atoms with van der Waals surface area (Å²) in [6.07, 6.45) is 4.98. The van der Waals surface area contributed by atoms with Crippen LogP contribution in [-0.4, -0.2) is 47.4 Å². The van der Waals surface area contributed by atoms with E-state index in [0.29, 0.717) is 24.7 Å². The Morgan fingerprint density at radius 3 is 2.55 bits per heavy atom. The van der Waals surface area contributed by atoms with Gasteiger partial charge in [-0.05, 0) is 31.0 Å². The first-order valence-electron chi connectivity index (χ1n) is 10.5. The topological polar surface area (TPSA) is 120 Å². The molecule has 0 bridgehead atoms. The Bertz CT molecular complexity index is 1270. The van der Waals surface area contributed by atoms with Gasteiger partial charge in [0.1, 0.15) is 23.3 Å². The molecule has 1 aliphatic heterocycles. The van der Waals surface area contributed by atoms with E-state index in [1.165, 1.54) is 16.4 Å². The van der Waals surface area contributed by atoms with Gasteiger partial charge in [0.25, 0.3) is 5.69 Å². The molecule has 1 atom stereocenters. The van der Waals surface area contributed by atoms with Crippen LogP contribution in [0.2, 0.25) is 0 Å². The maximum atomic E-state index is 12.9. The minimum atomic E-state index is -3.79. The van der Waals surface area contributed by atoms with Gasteiger partial charge < -0.3 is 14.6 Å². The molecule has 1 unspecified atom stereocenters. The third-order valence-electron chi connectivity index (χ3n) is 5.74. The van der Waals surface area contributed by atoms with Crippen LogP contribution in [-0.2, 0) is 17.1 Å². The zero-order chi connectivity index (χ0) is 23.6. The number of imidazole rings is 1. The number of anilines is 1. The number of hydrogen-bond acceptors (Lipinski definition) is 7. The van der Waals surface area contributed by atoms with Crippen LogP contribution in [0.4, 0.5) is 11.4 Å². The summed E-state index contributed by atoms with van der Waals surface area (Å²) in [6, 6.07) is 10.7. The van der Waals surface area contributed by atoms with Gasteiger partial charge in [-0.1, -0.05) is 18.2 Å². The Morgan fingerprint density at radius 1 is 1.18 bits per heavy atom. The minimum absolute atomic E-state index is 0.0903. The summed E-state index contributed by atoms with van der Waals surface area (Å²) >= 11 is 0. The highest BCUT2D eigenvalue weighted by molar-refractivity contribution is 7.89. The number of aryl methyl sites for hydroxylation is 1. The van der Waals surface area contributed by atoms with Gasteiger partial charge in [0.2, 0.25) is 10.0 Å². The Labute approximate surface area is 192 Å². The summed E-state index contributed by atoms with van der Waals surface area (Å²) in [4.78, 5) is 15.7. The van der Waals surface area contributed by atoms with Crippen LogP contribution in [0.15, 0.2) is 59.8 Å². The molecule has 0 aliphatic carbocycles. The largest absolute Gasteiger partial charge is 0.496 e. The lowest BCUT2D eigenvalue weighted by atomic mass is 10.0. The summed E-state index contributed by atoms with van der Waals surface area (Å²) in [7, 11) is -0.412. The molecule has 2 heterocycles. The molecule has 11 heteroatoms. The Morgan fingerprint density at radius 2 is 1.91 bits per heavy atom. The lowest BCUT2D eigenvalue weighted by Gasteiger charge is -2.22. The van der Waals surface area contributed by atoms with E-state index in [-0.39, 0.29) is 16.3 Å². The quantitative estimate of drug-likeness (QED) is 0.395. The molecular weight excluding hydrogens is 446 g/mol. The lowest BCUT2D eigenvalue weighted by Crippen LogP contribution is -2.28. The SMILES string of the molecule is COc1ccccc1C(Nc1ccc(S(=O)(=O)N2CCCC2)cc1[N+](=O)[O-])c1nccn1C. The molecule has 1 fully saturated rings. The van der Waals surface area contributed by atoms with E-state index in [0.717, 1.165) is 24.5 Å². The fourth-order valence-corrected chi connectivity index (χ4v) is 5.56. The van der Waals surface area contributed by atoms with Crippen molar-refractivity contribution in [3.63, 3.8) is 0 Å². The smallest absolute Gasteiger partial charge is 0.293 e. The standard InChI is InChI=1S/C22H25N5O5S/c1-25-14-11-23-22(25)21(17-7-3-4-8-20(17)32-2)24-18-10-9-16(15-19(18)27(28)29)33(30,31)26-12-5-6-13-26/h3-4,7-11,14-15,21,24H,5-6,12-13H2,1-2H3. The third-order valence-corrected chi connectivity index (χ3v) is 7.63. The van der Waals surface area contributed by atoms with Crippen LogP contribution in [0, 0.1) is 10.1 Å². The van der Waals surface area contributed by atoms with Gasteiger partial charge in [-0.15, -0.1) is 0 Å². The first-order chi connectivity index (χ1) is 15.8. The number of methoxy groups -OCH3 is 1. The molecule has 174 valence electrons. The maximum absolute atomic E-state index is 12.9. The highest BCUT2D eigenvalue weighted by Gasteiger charge is 2.31. The van der Waals surface area contributed by atoms with Crippen molar-refractivity contribution in [1.29, 1.82) is 0 Å². The highest BCUT2D eigenvalue weighted by Crippen LogP contribution is 2.36.